The van der Waals surface area contributed by atoms with E-state index in [1.807, 2.05) is 25.3 Å². The van der Waals surface area contributed by atoms with Crippen LogP contribution in [0.15, 0.2) is 18.3 Å². The van der Waals surface area contributed by atoms with Crippen LogP contribution in [-0.2, 0) is 4.74 Å². The van der Waals surface area contributed by atoms with Crippen molar-refractivity contribution >= 4 is 34.2 Å². The number of pyridine rings is 1. The van der Waals surface area contributed by atoms with Crippen LogP contribution in [0.1, 0.15) is 23.1 Å². The minimum atomic E-state index is -0.325. The summed E-state index contributed by atoms with van der Waals surface area (Å²) in [5.74, 6) is -0.325. The van der Waals surface area contributed by atoms with Crippen molar-refractivity contribution in [3.63, 3.8) is 0 Å². The van der Waals surface area contributed by atoms with Gasteiger partial charge >= 0.3 is 5.97 Å². The van der Waals surface area contributed by atoms with Crippen LogP contribution in [0.3, 0.4) is 0 Å². The van der Waals surface area contributed by atoms with E-state index < -0.39 is 0 Å². The lowest BCUT2D eigenvalue weighted by Crippen LogP contribution is -2.09. The molecule has 0 amide bonds. The van der Waals surface area contributed by atoms with Crippen LogP contribution < -0.4 is 0 Å². The van der Waals surface area contributed by atoms with Crippen molar-refractivity contribution in [2.24, 2.45) is 0 Å². The third kappa shape index (κ3) is 1.79. The standard InChI is InChI=1S/C11H11IN2O2/c1-3-16-11(15)9-7(2)13-10-8(12)5-4-6-14(9)10/h4-6H,3H2,1-2H3. The summed E-state index contributed by atoms with van der Waals surface area (Å²) in [7, 11) is 0. The van der Waals surface area contributed by atoms with E-state index in [2.05, 4.69) is 27.6 Å². The van der Waals surface area contributed by atoms with Crippen LogP contribution in [0.2, 0.25) is 0 Å². The molecule has 2 rings (SSSR count). The van der Waals surface area contributed by atoms with Gasteiger partial charge in [0.25, 0.3) is 0 Å². The Kier molecular flexibility index (Phi) is 3.13. The predicted molar refractivity (Wildman–Crippen MR) is 68.6 cm³/mol. The molecule has 2 heterocycles. The van der Waals surface area contributed by atoms with Crippen molar-refractivity contribution in [1.82, 2.24) is 9.38 Å². The second-order valence-electron chi connectivity index (χ2n) is 3.32. The van der Waals surface area contributed by atoms with Crippen molar-refractivity contribution in [2.75, 3.05) is 6.61 Å². The molecule has 0 saturated carbocycles. The van der Waals surface area contributed by atoms with Gasteiger partial charge in [-0.05, 0) is 48.6 Å². The van der Waals surface area contributed by atoms with Crippen molar-refractivity contribution in [3.8, 4) is 0 Å². The molecule has 0 unspecified atom stereocenters. The monoisotopic (exact) mass is 330 g/mol. The van der Waals surface area contributed by atoms with Gasteiger partial charge in [-0.25, -0.2) is 9.78 Å². The zero-order valence-corrected chi connectivity index (χ0v) is 11.2. The van der Waals surface area contributed by atoms with Crippen LogP contribution in [-0.4, -0.2) is 22.0 Å². The summed E-state index contributed by atoms with van der Waals surface area (Å²) in [6.07, 6.45) is 1.82. The fourth-order valence-electron chi connectivity index (χ4n) is 1.59. The zero-order valence-electron chi connectivity index (χ0n) is 9.03. The largest absolute Gasteiger partial charge is 0.461 e. The molecule has 0 bridgehead atoms. The summed E-state index contributed by atoms with van der Waals surface area (Å²) in [6, 6.07) is 3.84. The fraction of sp³-hybridized carbons (Fsp3) is 0.273. The Morgan fingerprint density at radius 2 is 2.38 bits per heavy atom. The fourth-order valence-corrected chi connectivity index (χ4v) is 2.18. The number of aryl methyl sites for hydroxylation is 1. The van der Waals surface area contributed by atoms with Crippen molar-refractivity contribution in [3.05, 3.63) is 33.3 Å². The molecule has 0 aliphatic rings. The Labute approximate surface area is 107 Å². The molecular formula is C11H11IN2O2. The van der Waals surface area contributed by atoms with Crippen molar-refractivity contribution in [1.29, 1.82) is 0 Å². The minimum absolute atomic E-state index is 0.325. The van der Waals surface area contributed by atoms with Gasteiger partial charge in [0.05, 0.1) is 15.9 Å². The topological polar surface area (TPSA) is 43.6 Å². The lowest BCUT2D eigenvalue weighted by atomic mass is 10.3. The second-order valence-corrected chi connectivity index (χ2v) is 4.48. The van der Waals surface area contributed by atoms with Gasteiger partial charge in [-0.1, -0.05) is 0 Å². The van der Waals surface area contributed by atoms with Crippen LogP contribution in [0.5, 0.6) is 0 Å². The Morgan fingerprint density at radius 3 is 3.06 bits per heavy atom. The molecule has 0 aromatic carbocycles. The van der Waals surface area contributed by atoms with Crippen LogP contribution in [0.4, 0.5) is 0 Å². The highest BCUT2D eigenvalue weighted by molar-refractivity contribution is 14.1. The molecule has 2 aromatic rings. The predicted octanol–water partition coefficient (Wildman–Crippen LogP) is 2.42. The molecule has 0 saturated heterocycles. The summed E-state index contributed by atoms with van der Waals surface area (Å²) in [4.78, 5) is 16.1. The smallest absolute Gasteiger partial charge is 0.357 e. The summed E-state index contributed by atoms with van der Waals surface area (Å²) in [5, 5.41) is 0. The van der Waals surface area contributed by atoms with Crippen LogP contribution in [0.25, 0.3) is 5.65 Å². The first-order valence-electron chi connectivity index (χ1n) is 4.95. The van der Waals surface area contributed by atoms with Crippen LogP contribution in [0, 0.1) is 10.5 Å². The van der Waals surface area contributed by atoms with E-state index >= 15 is 0 Å². The Hall–Kier alpha value is -1.11. The van der Waals surface area contributed by atoms with E-state index in [-0.39, 0.29) is 5.97 Å². The van der Waals surface area contributed by atoms with Gasteiger partial charge < -0.3 is 4.74 Å². The SMILES string of the molecule is CCOC(=O)c1c(C)nc2c(I)cccn12. The number of imidazole rings is 1. The number of carbonyl (C=O) groups is 1. The number of carbonyl (C=O) groups excluding carboxylic acids is 1. The average molecular weight is 330 g/mol. The summed E-state index contributed by atoms with van der Waals surface area (Å²) >= 11 is 2.20. The number of halogens is 1. The van der Waals surface area contributed by atoms with Gasteiger partial charge in [-0.15, -0.1) is 0 Å². The average Bonchev–Trinajstić information content (AvgIpc) is 2.56. The van der Waals surface area contributed by atoms with Gasteiger partial charge in [0.2, 0.25) is 0 Å². The van der Waals surface area contributed by atoms with E-state index in [1.165, 1.54) is 0 Å². The third-order valence-electron chi connectivity index (χ3n) is 2.25. The number of rotatable bonds is 2. The van der Waals surface area contributed by atoms with Gasteiger partial charge in [-0.3, -0.25) is 4.40 Å². The molecule has 5 heteroatoms. The normalized spacial score (nSPS) is 10.7. The molecule has 0 fully saturated rings. The quantitative estimate of drug-likeness (QED) is 0.627. The maximum Gasteiger partial charge on any atom is 0.357 e. The van der Waals surface area contributed by atoms with Crippen molar-refractivity contribution < 1.29 is 9.53 Å². The Bertz CT molecular complexity index is 548. The van der Waals surface area contributed by atoms with Crippen molar-refractivity contribution in [2.45, 2.75) is 13.8 Å². The second kappa shape index (κ2) is 4.40. The Balaban J connectivity index is 2.65. The summed E-state index contributed by atoms with van der Waals surface area (Å²) in [6.45, 7) is 3.98. The zero-order chi connectivity index (χ0) is 11.7. The molecule has 0 N–H and O–H groups in total. The molecule has 0 spiro atoms. The molecule has 0 radical (unpaired) electrons. The van der Waals surface area contributed by atoms with E-state index in [9.17, 15) is 4.79 Å². The first-order valence-corrected chi connectivity index (χ1v) is 6.03. The molecule has 0 aliphatic carbocycles. The molecule has 84 valence electrons. The number of hydrogen-bond donors (Lipinski definition) is 0. The first kappa shape index (κ1) is 11.4. The number of aromatic nitrogens is 2. The highest BCUT2D eigenvalue weighted by atomic mass is 127. The summed E-state index contributed by atoms with van der Waals surface area (Å²) in [5.41, 5.74) is 2.00. The highest BCUT2D eigenvalue weighted by Crippen LogP contribution is 2.17. The molecule has 16 heavy (non-hydrogen) atoms. The lowest BCUT2D eigenvalue weighted by molar-refractivity contribution is 0.0517. The highest BCUT2D eigenvalue weighted by Gasteiger charge is 2.18. The number of fused-ring (bicyclic) bond motifs is 1. The van der Waals surface area contributed by atoms with Gasteiger partial charge in [-0.2, -0.15) is 0 Å². The van der Waals surface area contributed by atoms with E-state index in [4.69, 9.17) is 4.74 Å². The molecule has 0 aliphatic heterocycles. The lowest BCUT2D eigenvalue weighted by Gasteiger charge is -2.02. The van der Waals surface area contributed by atoms with Gasteiger partial charge in [0, 0.05) is 6.20 Å². The maximum atomic E-state index is 11.8. The van der Waals surface area contributed by atoms with Crippen LogP contribution >= 0.6 is 22.6 Å². The first-order chi connectivity index (χ1) is 7.65. The molecule has 0 atom stereocenters. The number of hydrogen-bond acceptors (Lipinski definition) is 3. The minimum Gasteiger partial charge on any atom is -0.461 e. The Morgan fingerprint density at radius 1 is 1.62 bits per heavy atom. The molecular weight excluding hydrogens is 319 g/mol. The number of ether oxygens (including phenoxy) is 1. The van der Waals surface area contributed by atoms with Gasteiger partial charge in [0.1, 0.15) is 0 Å². The van der Waals surface area contributed by atoms with Gasteiger partial charge in [0.15, 0.2) is 11.3 Å². The molecule has 2 aromatic heterocycles. The van der Waals surface area contributed by atoms with E-state index in [1.54, 1.807) is 11.3 Å². The third-order valence-corrected chi connectivity index (χ3v) is 3.09. The van der Waals surface area contributed by atoms with E-state index in [0.29, 0.717) is 18.0 Å². The number of esters is 1. The maximum absolute atomic E-state index is 11.8. The number of nitrogens with zero attached hydrogens (tertiary/aromatic N) is 2. The molecule has 4 nitrogen and oxygen atoms in total. The summed E-state index contributed by atoms with van der Waals surface area (Å²) < 4.78 is 7.80. The van der Waals surface area contributed by atoms with E-state index in [0.717, 1.165) is 9.22 Å².